The third kappa shape index (κ3) is 5.52. The lowest BCUT2D eigenvalue weighted by Crippen LogP contribution is -2.50. The number of esters is 1. The number of piperazine rings is 1. The van der Waals surface area contributed by atoms with Gasteiger partial charge in [0.15, 0.2) is 12.4 Å². The van der Waals surface area contributed by atoms with E-state index in [4.69, 9.17) is 4.74 Å². The van der Waals surface area contributed by atoms with Crippen molar-refractivity contribution in [2.24, 2.45) is 0 Å². The first-order valence-corrected chi connectivity index (χ1v) is 10.7. The van der Waals surface area contributed by atoms with Gasteiger partial charge in [-0.2, -0.15) is 0 Å². The Kier molecular flexibility index (Phi) is 6.96. The second-order valence-corrected chi connectivity index (χ2v) is 8.99. The largest absolute Gasteiger partial charge is 0.452 e. The number of ketones is 1. The van der Waals surface area contributed by atoms with E-state index < -0.39 is 11.8 Å². The highest BCUT2D eigenvalue weighted by molar-refractivity contribution is 5.94. The highest BCUT2D eigenvalue weighted by atomic mass is 19.1. The van der Waals surface area contributed by atoms with Crippen molar-refractivity contribution >= 4 is 23.3 Å². The zero-order valence-corrected chi connectivity index (χ0v) is 19.0. The average Bonchev–Trinajstić information content (AvgIpc) is 2.76. The number of Topliss-reactive ketones (excluding diaryl/α,β-unsaturated/α-hetero) is 1. The van der Waals surface area contributed by atoms with Crippen molar-refractivity contribution in [2.45, 2.75) is 33.1 Å². The SMILES string of the molecule is CC(=O)c1ccc(N2CCN(C(=O)COC(=O)c3ccc(C(C)(C)C)cc3)CC2)c(F)c1. The lowest BCUT2D eigenvalue weighted by molar-refractivity contribution is -0.134. The van der Waals surface area contributed by atoms with Gasteiger partial charge in [0, 0.05) is 31.7 Å². The molecular weight excluding hydrogens is 411 g/mol. The Morgan fingerprint density at radius 1 is 0.938 bits per heavy atom. The van der Waals surface area contributed by atoms with Crippen LogP contribution in [0.4, 0.5) is 10.1 Å². The normalized spacial score (nSPS) is 14.3. The Morgan fingerprint density at radius 3 is 2.06 bits per heavy atom. The molecule has 0 radical (unpaired) electrons. The van der Waals surface area contributed by atoms with Gasteiger partial charge in [0.05, 0.1) is 11.3 Å². The summed E-state index contributed by atoms with van der Waals surface area (Å²) in [4.78, 5) is 39.6. The Hall–Kier alpha value is -3.22. The summed E-state index contributed by atoms with van der Waals surface area (Å²) in [6.07, 6.45) is 0. The number of carbonyl (C=O) groups excluding carboxylic acids is 3. The summed E-state index contributed by atoms with van der Waals surface area (Å²) in [5.41, 5.74) is 2.23. The van der Waals surface area contributed by atoms with Gasteiger partial charge in [0.1, 0.15) is 5.82 Å². The number of ether oxygens (including phenoxy) is 1. The fourth-order valence-electron chi connectivity index (χ4n) is 3.59. The zero-order valence-electron chi connectivity index (χ0n) is 19.0. The van der Waals surface area contributed by atoms with Crippen molar-refractivity contribution in [1.82, 2.24) is 4.90 Å². The number of halogens is 1. The van der Waals surface area contributed by atoms with Crippen molar-refractivity contribution < 1.29 is 23.5 Å². The molecule has 0 atom stereocenters. The summed E-state index contributed by atoms with van der Waals surface area (Å²) in [5.74, 6) is -1.46. The van der Waals surface area contributed by atoms with Gasteiger partial charge in [-0.3, -0.25) is 9.59 Å². The number of rotatable bonds is 5. The number of hydrogen-bond donors (Lipinski definition) is 0. The topological polar surface area (TPSA) is 66.9 Å². The molecule has 0 N–H and O–H groups in total. The van der Waals surface area contributed by atoms with Crippen LogP contribution in [0.25, 0.3) is 0 Å². The first-order chi connectivity index (χ1) is 15.1. The van der Waals surface area contributed by atoms with Crippen LogP contribution in [0.1, 0.15) is 54.0 Å². The van der Waals surface area contributed by atoms with Gasteiger partial charge in [0.2, 0.25) is 0 Å². The summed E-state index contributed by atoms with van der Waals surface area (Å²) < 4.78 is 19.6. The minimum Gasteiger partial charge on any atom is -0.452 e. The van der Waals surface area contributed by atoms with Crippen LogP contribution in [0.15, 0.2) is 42.5 Å². The van der Waals surface area contributed by atoms with Gasteiger partial charge >= 0.3 is 5.97 Å². The summed E-state index contributed by atoms with van der Waals surface area (Å²) in [6.45, 7) is 9.02. The summed E-state index contributed by atoms with van der Waals surface area (Å²) in [6, 6.07) is 11.6. The average molecular weight is 441 g/mol. The molecule has 3 rings (SSSR count). The molecule has 1 amide bonds. The third-order valence-electron chi connectivity index (χ3n) is 5.64. The molecule has 1 aliphatic heterocycles. The van der Waals surface area contributed by atoms with Crippen molar-refractivity contribution in [3.63, 3.8) is 0 Å². The number of amides is 1. The number of nitrogens with zero attached hydrogens (tertiary/aromatic N) is 2. The number of carbonyl (C=O) groups is 3. The van der Waals surface area contributed by atoms with Crippen LogP contribution < -0.4 is 4.90 Å². The lowest BCUT2D eigenvalue weighted by Gasteiger charge is -2.36. The van der Waals surface area contributed by atoms with E-state index in [1.54, 1.807) is 29.2 Å². The molecule has 1 fully saturated rings. The van der Waals surface area contributed by atoms with E-state index in [-0.39, 0.29) is 23.7 Å². The van der Waals surface area contributed by atoms with Crippen LogP contribution in [0.3, 0.4) is 0 Å². The highest BCUT2D eigenvalue weighted by Gasteiger charge is 2.24. The van der Waals surface area contributed by atoms with Gasteiger partial charge in [-0.1, -0.05) is 32.9 Å². The Labute approximate surface area is 188 Å². The van der Waals surface area contributed by atoms with Crippen LogP contribution in [-0.4, -0.2) is 55.3 Å². The predicted molar refractivity (Wildman–Crippen MR) is 121 cm³/mol. The molecule has 32 heavy (non-hydrogen) atoms. The quantitative estimate of drug-likeness (QED) is 0.522. The molecule has 1 heterocycles. The maximum Gasteiger partial charge on any atom is 0.338 e. The van der Waals surface area contributed by atoms with Gasteiger partial charge in [0.25, 0.3) is 5.91 Å². The summed E-state index contributed by atoms with van der Waals surface area (Å²) in [7, 11) is 0. The second-order valence-electron chi connectivity index (χ2n) is 8.99. The Balaban J connectivity index is 1.50. The minimum absolute atomic E-state index is 0.0150. The van der Waals surface area contributed by atoms with Gasteiger partial charge in [-0.15, -0.1) is 0 Å². The molecule has 170 valence electrons. The Morgan fingerprint density at radius 2 is 1.53 bits per heavy atom. The predicted octanol–water partition coefficient (Wildman–Crippen LogP) is 3.83. The monoisotopic (exact) mass is 440 g/mol. The van der Waals surface area contributed by atoms with Crippen molar-refractivity contribution in [2.75, 3.05) is 37.7 Å². The molecule has 2 aromatic rings. The summed E-state index contributed by atoms with van der Waals surface area (Å²) in [5, 5.41) is 0. The first-order valence-electron chi connectivity index (χ1n) is 10.7. The lowest BCUT2D eigenvalue weighted by atomic mass is 9.87. The smallest absolute Gasteiger partial charge is 0.338 e. The number of hydrogen-bond acceptors (Lipinski definition) is 5. The van der Waals surface area contributed by atoms with Crippen molar-refractivity contribution in [3.8, 4) is 0 Å². The standard InChI is InChI=1S/C25H29FN2O4/c1-17(29)19-7-10-22(21(26)15-19)27-11-13-28(14-12-27)23(30)16-32-24(31)18-5-8-20(9-6-18)25(2,3)4/h5-10,15H,11-14,16H2,1-4H3. The molecule has 1 saturated heterocycles. The molecule has 0 bridgehead atoms. The van der Waals surface area contributed by atoms with E-state index in [1.165, 1.54) is 13.0 Å². The van der Waals surface area contributed by atoms with Crippen molar-refractivity contribution in [3.05, 3.63) is 65.0 Å². The van der Waals surface area contributed by atoms with E-state index in [2.05, 4.69) is 20.8 Å². The number of benzene rings is 2. The van der Waals surface area contributed by atoms with Gasteiger partial charge in [-0.25, -0.2) is 9.18 Å². The van der Waals surface area contributed by atoms with Gasteiger partial charge < -0.3 is 14.5 Å². The molecule has 0 saturated carbocycles. The Bertz CT molecular complexity index is 1000. The molecule has 7 heteroatoms. The summed E-state index contributed by atoms with van der Waals surface area (Å²) >= 11 is 0. The fraction of sp³-hybridized carbons (Fsp3) is 0.400. The maximum absolute atomic E-state index is 14.4. The molecule has 0 aliphatic carbocycles. The van der Waals surface area contributed by atoms with Crippen LogP contribution in [-0.2, 0) is 14.9 Å². The molecule has 0 aromatic heterocycles. The molecule has 6 nitrogen and oxygen atoms in total. The second kappa shape index (κ2) is 9.51. The van der Waals surface area contributed by atoms with E-state index >= 15 is 0 Å². The molecule has 1 aliphatic rings. The first kappa shape index (κ1) is 23.4. The zero-order chi connectivity index (χ0) is 23.5. The molecule has 0 unspecified atom stereocenters. The minimum atomic E-state index is -0.537. The van der Waals surface area contributed by atoms with Crippen LogP contribution in [0.2, 0.25) is 0 Å². The van der Waals surface area contributed by atoms with Crippen molar-refractivity contribution in [1.29, 1.82) is 0 Å². The molecule has 2 aromatic carbocycles. The van der Waals surface area contributed by atoms with E-state index in [0.717, 1.165) is 5.56 Å². The van der Waals surface area contributed by atoms with Gasteiger partial charge in [-0.05, 0) is 48.2 Å². The fourth-order valence-corrected chi connectivity index (χ4v) is 3.59. The van der Waals surface area contributed by atoms with Crippen LogP contribution >= 0.6 is 0 Å². The van der Waals surface area contributed by atoms with Crippen LogP contribution in [0, 0.1) is 5.82 Å². The number of anilines is 1. The maximum atomic E-state index is 14.4. The van der Waals surface area contributed by atoms with E-state index in [9.17, 15) is 18.8 Å². The van der Waals surface area contributed by atoms with Crippen LogP contribution in [0.5, 0.6) is 0 Å². The van der Waals surface area contributed by atoms with E-state index in [0.29, 0.717) is 43.0 Å². The molecule has 0 spiro atoms. The third-order valence-corrected chi connectivity index (χ3v) is 5.64. The van der Waals surface area contributed by atoms with E-state index in [1.807, 2.05) is 17.0 Å². The molecular formula is C25H29FN2O4. The highest BCUT2D eigenvalue weighted by Crippen LogP contribution is 2.23.